The van der Waals surface area contributed by atoms with E-state index in [0.717, 1.165) is 0 Å². The van der Waals surface area contributed by atoms with Crippen molar-refractivity contribution in [1.82, 2.24) is 20.3 Å². The van der Waals surface area contributed by atoms with Gasteiger partial charge in [0.2, 0.25) is 0 Å². The van der Waals surface area contributed by atoms with Crippen LogP contribution in [-0.2, 0) is 11.8 Å². The van der Waals surface area contributed by atoms with Crippen molar-refractivity contribution in [3.63, 3.8) is 0 Å². The topological polar surface area (TPSA) is 97.1 Å². The summed E-state index contributed by atoms with van der Waals surface area (Å²) >= 11 is 0. The van der Waals surface area contributed by atoms with Gasteiger partial charge in [0, 0.05) is 7.05 Å². The highest BCUT2D eigenvalue weighted by Crippen LogP contribution is 2.13. The van der Waals surface area contributed by atoms with Crippen LogP contribution >= 0.6 is 0 Å². The Morgan fingerprint density at radius 1 is 1.32 bits per heavy atom. The highest BCUT2D eigenvalue weighted by Gasteiger charge is 2.23. The summed E-state index contributed by atoms with van der Waals surface area (Å²) < 4.78 is 1.37. The van der Waals surface area contributed by atoms with Gasteiger partial charge in [-0.05, 0) is 5.56 Å². The number of hydrogen-bond donors (Lipinski definition) is 2. The summed E-state index contributed by atoms with van der Waals surface area (Å²) in [6.45, 7) is 0. The van der Waals surface area contributed by atoms with E-state index in [1.165, 1.54) is 10.9 Å². The van der Waals surface area contributed by atoms with E-state index in [-0.39, 0.29) is 5.69 Å². The van der Waals surface area contributed by atoms with Gasteiger partial charge in [-0.3, -0.25) is 9.48 Å². The number of nitrogens with zero attached hydrogens (tertiary/aromatic N) is 3. The van der Waals surface area contributed by atoms with E-state index in [0.29, 0.717) is 5.56 Å². The zero-order valence-electron chi connectivity index (χ0n) is 10.1. The summed E-state index contributed by atoms with van der Waals surface area (Å²) in [5, 5.41) is 18.8. The van der Waals surface area contributed by atoms with Crippen molar-refractivity contribution in [3.8, 4) is 0 Å². The van der Waals surface area contributed by atoms with E-state index in [9.17, 15) is 14.7 Å². The predicted molar refractivity (Wildman–Crippen MR) is 65.3 cm³/mol. The van der Waals surface area contributed by atoms with E-state index in [1.54, 1.807) is 37.4 Å². The minimum atomic E-state index is -1.14. The summed E-state index contributed by atoms with van der Waals surface area (Å²) in [4.78, 5) is 23.1. The molecule has 0 saturated heterocycles. The van der Waals surface area contributed by atoms with Crippen molar-refractivity contribution in [2.24, 2.45) is 7.05 Å². The van der Waals surface area contributed by atoms with Crippen LogP contribution in [0.4, 0.5) is 0 Å². The van der Waals surface area contributed by atoms with Crippen molar-refractivity contribution in [3.05, 3.63) is 47.8 Å². The average Bonchev–Trinajstić information content (AvgIpc) is 2.83. The lowest BCUT2D eigenvalue weighted by Gasteiger charge is -2.13. The average molecular weight is 260 g/mol. The number of carbonyl (C=O) groups is 2. The molecule has 1 aromatic carbocycles. The standard InChI is InChI=1S/C12H12N4O3/c1-16-7-9(14-15-16)11(17)13-10(12(18)19)8-5-3-2-4-6-8/h2-7,10H,1H3,(H,13,17)(H,18,19)/t10-/m0/s1. The number of aromatic nitrogens is 3. The first-order chi connectivity index (χ1) is 9.08. The number of hydrogen-bond acceptors (Lipinski definition) is 4. The zero-order valence-corrected chi connectivity index (χ0v) is 10.1. The molecule has 0 spiro atoms. The smallest absolute Gasteiger partial charge is 0.330 e. The molecule has 2 rings (SSSR count). The second-order valence-corrected chi connectivity index (χ2v) is 3.93. The molecule has 1 amide bonds. The lowest BCUT2D eigenvalue weighted by molar-refractivity contribution is -0.139. The lowest BCUT2D eigenvalue weighted by atomic mass is 10.1. The molecule has 0 fully saturated rings. The SMILES string of the molecule is Cn1cc(C(=O)N[C@H](C(=O)O)c2ccccc2)nn1. The quantitative estimate of drug-likeness (QED) is 0.827. The van der Waals surface area contributed by atoms with Gasteiger partial charge in [-0.1, -0.05) is 35.5 Å². The van der Waals surface area contributed by atoms with Crippen molar-refractivity contribution in [2.45, 2.75) is 6.04 Å². The van der Waals surface area contributed by atoms with Gasteiger partial charge >= 0.3 is 5.97 Å². The molecule has 7 nitrogen and oxygen atoms in total. The summed E-state index contributed by atoms with van der Waals surface area (Å²) in [6, 6.07) is 7.34. The molecule has 0 bridgehead atoms. The minimum absolute atomic E-state index is 0.0738. The zero-order chi connectivity index (χ0) is 13.8. The number of rotatable bonds is 4. The Kier molecular flexibility index (Phi) is 3.56. The predicted octanol–water partition coefficient (Wildman–Crippen LogP) is 0.371. The van der Waals surface area contributed by atoms with Crippen LogP contribution in [0.2, 0.25) is 0 Å². The molecular formula is C12H12N4O3. The van der Waals surface area contributed by atoms with Crippen LogP contribution in [0.25, 0.3) is 0 Å². The molecule has 0 radical (unpaired) electrons. The second-order valence-electron chi connectivity index (χ2n) is 3.93. The Bertz CT molecular complexity index is 594. The Morgan fingerprint density at radius 2 is 2.00 bits per heavy atom. The molecule has 19 heavy (non-hydrogen) atoms. The summed E-state index contributed by atoms with van der Waals surface area (Å²) in [6.07, 6.45) is 1.42. The maximum absolute atomic E-state index is 11.9. The molecule has 98 valence electrons. The number of benzene rings is 1. The fourth-order valence-corrected chi connectivity index (χ4v) is 1.59. The van der Waals surface area contributed by atoms with Crippen molar-refractivity contribution >= 4 is 11.9 Å². The van der Waals surface area contributed by atoms with Crippen molar-refractivity contribution in [1.29, 1.82) is 0 Å². The maximum atomic E-state index is 11.9. The van der Waals surface area contributed by atoms with Crippen molar-refractivity contribution < 1.29 is 14.7 Å². The molecule has 1 aromatic heterocycles. The fraction of sp³-hybridized carbons (Fsp3) is 0.167. The largest absolute Gasteiger partial charge is 0.479 e. The molecule has 0 aliphatic rings. The van der Waals surface area contributed by atoms with Gasteiger partial charge in [0.15, 0.2) is 11.7 Å². The first kappa shape index (κ1) is 12.7. The number of carboxylic acid groups (broad SMARTS) is 1. The van der Waals surface area contributed by atoms with E-state index in [4.69, 9.17) is 0 Å². The van der Waals surface area contributed by atoms with Gasteiger partial charge < -0.3 is 10.4 Å². The molecule has 2 N–H and O–H groups in total. The Balaban J connectivity index is 2.18. The molecule has 1 atom stereocenters. The number of nitrogens with one attached hydrogen (secondary N) is 1. The van der Waals surface area contributed by atoms with Gasteiger partial charge in [-0.2, -0.15) is 0 Å². The lowest BCUT2D eigenvalue weighted by Crippen LogP contribution is -2.33. The van der Waals surface area contributed by atoms with Crippen LogP contribution in [-0.4, -0.2) is 32.0 Å². The monoisotopic (exact) mass is 260 g/mol. The third kappa shape index (κ3) is 2.95. The van der Waals surface area contributed by atoms with Crippen LogP contribution in [0, 0.1) is 0 Å². The van der Waals surface area contributed by atoms with Gasteiger partial charge in [0.05, 0.1) is 6.20 Å². The molecule has 0 saturated carbocycles. The van der Waals surface area contributed by atoms with Gasteiger partial charge in [-0.25, -0.2) is 4.79 Å². The molecule has 2 aromatic rings. The minimum Gasteiger partial charge on any atom is -0.479 e. The third-order valence-corrected chi connectivity index (χ3v) is 2.49. The summed E-state index contributed by atoms with van der Waals surface area (Å²) in [5.41, 5.74) is 0.567. The van der Waals surface area contributed by atoms with Gasteiger partial charge in [0.1, 0.15) is 0 Å². The highest BCUT2D eigenvalue weighted by molar-refractivity contribution is 5.94. The first-order valence-electron chi connectivity index (χ1n) is 5.53. The fourth-order valence-electron chi connectivity index (χ4n) is 1.59. The van der Waals surface area contributed by atoms with Gasteiger partial charge in [-0.15, -0.1) is 5.10 Å². The Hall–Kier alpha value is -2.70. The number of amides is 1. The first-order valence-corrected chi connectivity index (χ1v) is 5.53. The Labute approximate surface area is 108 Å². The number of aryl methyl sites for hydroxylation is 1. The molecule has 0 aliphatic carbocycles. The highest BCUT2D eigenvalue weighted by atomic mass is 16.4. The maximum Gasteiger partial charge on any atom is 0.330 e. The molecule has 7 heteroatoms. The summed E-state index contributed by atoms with van der Waals surface area (Å²) in [7, 11) is 1.62. The summed E-state index contributed by atoms with van der Waals surface area (Å²) in [5.74, 6) is -1.72. The molecular weight excluding hydrogens is 248 g/mol. The van der Waals surface area contributed by atoms with E-state index in [1.807, 2.05) is 0 Å². The van der Waals surface area contributed by atoms with Crippen LogP contribution in [0.1, 0.15) is 22.1 Å². The number of aliphatic carboxylic acids is 1. The van der Waals surface area contributed by atoms with Crippen LogP contribution in [0.15, 0.2) is 36.5 Å². The van der Waals surface area contributed by atoms with E-state index < -0.39 is 17.9 Å². The second kappa shape index (κ2) is 5.30. The van der Waals surface area contributed by atoms with Crippen LogP contribution < -0.4 is 5.32 Å². The van der Waals surface area contributed by atoms with E-state index in [2.05, 4.69) is 15.6 Å². The Morgan fingerprint density at radius 3 is 2.53 bits per heavy atom. The number of carboxylic acids is 1. The molecule has 0 aliphatic heterocycles. The van der Waals surface area contributed by atoms with Crippen LogP contribution in [0.5, 0.6) is 0 Å². The molecule has 0 unspecified atom stereocenters. The number of carbonyl (C=O) groups excluding carboxylic acids is 1. The van der Waals surface area contributed by atoms with E-state index >= 15 is 0 Å². The van der Waals surface area contributed by atoms with Crippen LogP contribution in [0.3, 0.4) is 0 Å². The third-order valence-electron chi connectivity index (χ3n) is 2.49. The van der Waals surface area contributed by atoms with Gasteiger partial charge in [0.25, 0.3) is 5.91 Å². The molecule has 1 heterocycles. The van der Waals surface area contributed by atoms with Crippen molar-refractivity contribution in [2.75, 3.05) is 0 Å². The normalized spacial score (nSPS) is 11.8.